The van der Waals surface area contributed by atoms with Gasteiger partial charge in [-0.3, -0.25) is 9.78 Å². The Morgan fingerprint density at radius 1 is 1.08 bits per heavy atom. The molecular formula is C28H40Cl2N4O5. The minimum Gasteiger partial charge on any atom is -0.493 e. The van der Waals surface area contributed by atoms with Crippen LogP contribution in [0.1, 0.15) is 49.8 Å². The summed E-state index contributed by atoms with van der Waals surface area (Å²) in [7, 11) is 3.20. The summed E-state index contributed by atoms with van der Waals surface area (Å²) in [6.45, 7) is 6.06. The number of halogens is 2. The van der Waals surface area contributed by atoms with Gasteiger partial charge in [0.15, 0.2) is 11.5 Å². The highest BCUT2D eigenvalue weighted by Crippen LogP contribution is 2.42. The molecule has 2 aliphatic heterocycles. The molecule has 2 aliphatic rings. The molecule has 0 bridgehead atoms. The zero-order chi connectivity index (χ0) is 26.3. The Hall–Kier alpha value is -2.75. The Labute approximate surface area is 243 Å². The molecule has 1 atom stereocenters. The Morgan fingerprint density at radius 3 is 2.44 bits per heavy atom. The topological polar surface area (TPSA) is 93.2 Å². The predicted octanol–water partition coefficient (Wildman–Crippen LogP) is 4.63. The molecule has 2 saturated heterocycles. The molecule has 11 heteroatoms. The van der Waals surface area contributed by atoms with E-state index in [9.17, 15) is 9.59 Å². The summed E-state index contributed by atoms with van der Waals surface area (Å²) in [6.07, 6.45) is 6.50. The third-order valence-corrected chi connectivity index (χ3v) is 7.62. The van der Waals surface area contributed by atoms with Gasteiger partial charge in [0.1, 0.15) is 0 Å². The summed E-state index contributed by atoms with van der Waals surface area (Å²) in [5.74, 6) is 1.54. The number of pyridine rings is 1. The van der Waals surface area contributed by atoms with E-state index < -0.39 is 6.09 Å². The number of amides is 2. The van der Waals surface area contributed by atoms with E-state index in [0.717, 1.165) is 56.6 Å². The number of piperidine rings is 1. The summed E-state index contributed by atoms with van der Waals surface area (Å²) >= 11 is 0. The van der Waals surface area contributed by atoms with Crippen LogP contribution in [0.4, 0.5) is 4.79 Å². The number of benzene rings is 1. The molecule has 39 heavy (non-hydrogen) atoms. The lowest BCUT2D eigenvalue weighted by molar-refractivity contribution is -0.138. The van der Waals surface area contributed by atoms with Crippen LogP contribution in [0.3, 0.4) is 0 Å². The van der Waals surface area contributed by atoms with E-state index in [1.807, 2.05) is 41.4 Å². The van der Waals surface area contributed by atoms with E-state index >= 15 is 0 Å². The molecule has 2 amide bonds. The number of hydrogen-bond acceptors (Lipinski definition) is 7. The van der Waals surface area contributed by atoms with E-state index in [-0.39, 0.29) is 42.2 Å². The van der Waals surface area contributed by atoms with Gasteiger partial charge in [0.2, 0.25) is 5.91 Å². The van der Waals surface area contributed by atoms with Gasteiger partial charge in [-0.1, -0.05) is 12.1 Å². The van der Waals surface area contributed by atoms with Crippen LogP contribution in [-0.4, -0.2) is 73.8 Å². The quantitative estimate of drug-likeness (QED) is 0.436. The molecule has 0 saturated carbocycles. The first-order valence-electron chi connectivity index (χ1n) is 13.0. The second-order valence-corrected chi connectivity index (χ2v) is 9.78. The van der Waals surface area contributed by atoms with Gasteiger partial charge in [-0.25, -0.2) is 4.79 Å². The number of carbonyl (C=O) groups excluding carboxylic acids is 2. The van der Waals surface area contributed by atoms with E-state index in [2.05, 4.69) is 15.2 Å². The largest absolute Gasteiger partial charge is 0.493 e. The van der Waals surface area contributed by atoms with Crippen LogP contribution >= 0.6 is 24.8 Å². The van der Waals surface area contributed by atoms with Crippen molar-refractivity contribution in [1.29, 1.82) is 0 Å². The Morgan fingerprint density at radius 2 is 1.79 bits per heavy atom. The van der Waals surface area contributed by atoms with Gasteiger partial charge >= 0.3 is 6.09 Å². The van der Waals surface area contributed by atoms with Crippen molar-refractivity contribution in [3.8, 4) is 11.5 Å². The van der Waals surface area contributed by atoms with Crippen LogP contribution in [0.2, 0.25) is 0 Å². The van der Waals surface area contributed by atoms with Crippen molar-refractivity contribution in [3.63, 3.8) is 0 Å². The van der Waals surface area contributed by atoms with Gasteiger partial charge in [-0.05, 0) is 75.0 Å². The van der Waals surface area contributed by atoms with Gasteiger partial charge in [0.05, 0.1) is 32.3 Å². The van der Waals surface area contributed by atoms with Crippen LogP contribution in [0, 0.1) is 5.41 Å². The molecule has 1 aromatic carbocycles. The lowest BCUT2D eigenvalue weighted by atomic mass is 9.77. The van der Waals surface area contributed by atoms with Gasteiger partial charge in [-0.15, -0.1) is 24.8 Å². The summed E-state index contributed by atoms with van der Waals surface area (Å²) in [5, 5.41) is 3.00. The highest BCUT2D eigenvalue weighted by molar-refractivity contribution is 5.86. The first kappa shape index (κ1) is 32.5. The third-order valence-electron chi connectivity index (χ3n) is 7.62. The summed E-state index contributed by atoms with van der Waals surface area (Å²) < 4.78 is 16.0. The monoisotopic (exact) mass is 582 g/mol. The number of aromatic nitrogens is 1. The Kier molecular flexibility index (Phi) is 12.6. The molecule has 2 aromatic rings. The Bertz CT molecular complexity index is 1070. The highest BCUT2D eigenvalue weighted by atomic mass is 35.5. The number of carbonyl (C=O) groups is 2. The standard InChI is InChI=1S/C28H38N4O5.2ClH/c1-4-37-27(34)30-23(22-7-8-24(35-2)25(18-22)36-3)9-14-31-15-10-28(11-16-31)12-17-32(26(28)33)20-21-6-5-13-29-19-21;;/h5-8,13,18-19,23H,4,9-12,14-17,20H2,1-3H3,(H,30,34);2*1H. The number of likely N-dealkylation sites (tertiary alicyclic amines) is 2. The number of nitrogens with zero attached hydrogens (tertiary/aromatic N) is 3. The van der Waals surface area contributed by atoms with Gasteiger partial charge in [-0.2, -0.15) is 0 Å². The van der Waals surface area contributed by atoms with Crippen molar-refractivity contribution >= 4 is 36.8 Å². The number of hydrogen-bond donors (Lipinski definition) is 1. The summed E-state index contributed by atoms with van der Waals surface area (Å²) in [6, 6.07) is 9.38. The zero-order valence-electron chi connectivity index (χ0n) is 22.9. The average Bonchev–Trinajstić information content (AvgIpc) is 3.22. The summed E-state index contributed by atoms with van der Waals surface area (Å²) in [5.41, 5.74) is 1.75. The first-order chi connectivity index (χ1) is 18.0. The lowest BCUT2D eigenvalue weighted by Gasteiger charge is -2.38. The molecule has 1 N–H and O–H groups in total. The first-order valence-corrected chi connectivity index (χ1v) is 13.0. The summed E-state index contributed by atoms with van der Waals surface area (Å²) in [4.78, 5) is 34.2. The van der Waals surface area contributed by atoms with Gasteiger partial charge in [0, 0.05) is 32.0 Å². The molecule has 1 spiro atoms. The molecule has 2 fully saturated rings. The van der Waals surface area contributed by atoms with Crippen molar-refractivity contribution in [2.24, 2.45) is 5.41 Å². The van der Waals surface area contributed by atoms with E-state index in [1.54, 1.807) is 27.3 Å². The van der Waals surface area contributed by atoms with E-state index in [4.69, 9.17) is 14.2 Å². The van der Waals surface area contributed by atoms with E-state index in [1.165, 1.54) is 0 Å². The van der Waals surface area contributed by atoms with Crippen LogP contribution in [-0.2, 0) is 16.1 Å². The molecule has 9 nitrogen and oxygen atoms in total. The van der Waals surface area contributed by atoms with Crippen molar-refractivity contribution in [3.05, 3.63) is 53.9 Å². The van der Waals surface area contributed by atoms with Crippen molar-refractivity contribution in [1.82, 2.24) is 20.1 Å². The average molecular weight is 584 g/mol. The number of nitrogens with one attached hydrogen (secondary N) is 1. The zero-order valence-corrected chi connectivity index (χ0v) is 24.5. The van der Waals surface area contributed by atoms with Gasteiger partial charge < -0.3 is 29.3 Å². The second-order valence-electron chi connectivity index (χ2n) is 9.78. The highest BCUT2D eigenvalue weighted by Gasteiger charge is 2.47. The predicted molar refractivity (Wildman–Crippen MR) is 154 cm³/mol. The third kappa shape index (κ3) is 7.90. The molecule has 216 valence electrons. The molecule has 1 aromatic heterocycles. The maximum Gasteiger partial charge on any atom is 0.407 e. The maximum atomic E-state index is 13.3. The molecular weight excluding hydrogens is 543 g/mol. The fourth-order valence-corrected chi connectivity index (χ4v) is 5.44. The van der Waals surface area contributed by atoms with Crippen molar-refractivity contribution < 1.29 is 23.8 Å². The van der Waals surface area contributed by atoms with Crippen molar-refractivity contribution in [2.75, 3.05) is 47.0 Å². The SMILES string of the molecule is CCOC(=O)NC(CCN1CCC2(CC1)CCN(Cc1cccnc1)C2=O)c1ccc(OC)c(OC)c1.Cl.Cl. The smallest absolute Gasteiger partial charge is 0.407 e. The maximum absolute atomic E-state index is 13.3. The number of rotatable bonds is 10. The molecule has 0 radical (unpaired) electrons. The van der Waals surface area contributed by atoms with Crippen molar-refractivity contribution in [2.45, 2.75) is 45.2 Å². The number of ether oxygens (including phenoxy) is 3. The molecule has 0 aliphatic carbocycles. The minimum atomic E-state index is -0.440. The number of methoxy groups -OCH3 is 2. The molecule has 3 heterocycles. The lowest BCUT2D eigenvalue weighted by Crippen LogP contribution is -2.45. The van der Waals surface area contributed by atoms with Crippen LogP contribution in [0.15, 0.2) is 42.7 Å². The fraction of sp³-hybridized carbons (Fsp3) is 0.536. The number of alkyl carbamates (subject to hydrolysis) is 1. The fourth-order valence-electron chi connectivity index (χ4n) is 5.44. The van der Waals surface area contributed by atoms with Crippen LogP contribution < -0.4 is 14.8 Å². The molecule has 1 unspecified atom stereocenters. The normalized spacial score (nSPS) is 17.1. The second kappa shape index (κ2) is 15.1. The van der Waals surface area contributed by atoms with Gasteiger partial charge in [0.25, 0.3) is 0 Å². The minimum absolute atomic E-state index is 0. The Balaban J connectivity index is 0.00000267. The molecule has 4 rings (SSSR count). The van der Waals surface area contributed by atoms with E-state index in [0.29, 0.717) is 31.1 Å². The van der Waals surface area contributed by atoms with Crippen LogP contribution in [0.25, 0.3) is 0 Å². The van der Waals surface area contributed by atoms with Crippen LogP contribution in [0.5, 0.6) is 11.5 Å².